The summed E-state index contributed by atoms with van der Waals surface area (Å²) in [6, 6.07) is 75.2. The normalized spacial score (nSPS) is 12.4. The molecule has 1 N–H and O–H groups in total. The Labute approximate surface area is 415 Å². The van der Waals surface area contributed by atoms with Crippen LogP contribution in [-0.4, -0.2) is 25.3 Å². The monoisotopic (exact) mass is 967 g/mol. The minimum atomic E-state index is -3.58. The van der Waals surface area contributed by atoms with E-state index in [1.807, 2.05) is 103 Å². The molecule has 0 fully saturated rings. The van der Waals surface area contributed by atoms with Gasteiger partial charge in [0.05, 0.1) is 30.4 Å². The number of methoxy groups -OCH3 is 2. The number of carboxylic acids is 1. The van der Waals surface area contributed by atoms with Gasteiger partial charge in [-0.3, -0.25) is 4.57 Å². The molecule has 0 bridgehead atoms. The van der Waals surface area contributed by atoms with Crippen molar-refractivity contribution >= 4 is 85.8 Å². The zero-order chi connectivity index (χ0) is 47.8. The predicted molar refractivity (Wildman–Crippen MR) is 289 cm³/mol. The van der Waals surface area contributed by atoms with Crippen LogP contribution in [-0.2, 0) is 4.57 Å². The van der Waals surface area contributed by atoms with E-state index in [1.54, 1.807) is 22.7 Å². The van der Waals surface area contributed by atoms with Gasteiger partial charge in [0.2, 0.25) is 7.14 Å². The quantitative estimate of drug-likeness (QED) is 0.0911. The number of ether oxygens (including phenoxy) is 2. The van der Waals surface area contributed by atoms with E-state index in [0.717, 1.165) is 76.0 Å². The first-order chi connectivity index (χ1) is 34.3. The molecule has 1 aliphatic heterocycles. The minimum absolute atomic E-state index is 0.0308. The van der Waals surface area contributed by atoms with Crippen LogP contribution in [0.3, 0.4) is 0 Å². The lowest BCUT2D eigenvalue weighted by molar-refractivity contribution is 0.0696. The number of rotatable bonds is 13. The lowest BCUT2D eigenvalue weighted by atomic mass is 9.92. The van der Waals surface area contributed by atoms with Crippen LogP contribution in [0.15, 0.2) is 224 Å². The summed E-state index contributed by atoms with van der Waals surface area (Å²) < 4.78 is 28.9. The van der Waals surface area contributed by atoms with Gasteiger partial charge in [-0.25, -0.2) is 4.79 Å². The maximum Gasteiger partial charge on any atom is 0.337 e. The van der Waals surface area contributed by atoms with Crippen LogP contribution < -0.4 is 35.2 Å². The molecule has 10 aromatic rings. The van der Waals surface area contributed by atoms with Crippen LogP contribution in [0.4, 0.5) is 34.1 Å². The molecule has 0 unspecified atom stereocenters. The van der Waals surface area contributed by atoms with Gasteiger partial charge in [0.1, 0.15) is 15.7 Å². The summed E-state index contributed by atoms with van der Waals surface area (Å²) in [5.41, 5.74) is 8.69. The maximum atomic E-state index is 16.8. The minimum Gasteiger partial charge on any atom is -0.478 e. The summed E-state index contributed by atoms with van der Waals surface area (Å²) >= 11 is 3.13. The molecule has 11 rings (SSSR count). The van der Waals surface area contributed by atoms with Crippen molar-refractivity contribution in [1.29, 1.82) is 0 Å². The first kappa shape index (κ1) is 44.4. The molecule has 0 saturated heterocycles. The highest BCUT2D eigenvalue weighted by atomic mass is 32.1. The molecule has 0 aliphatic carbocycles. The Balaban J connectivity index is 1.08. The largest absolute Gasteiger partial charge is 0.478 e. The summed E-state index contributed by atoms with van der Waals surface area (Å²) in [4.78, 5) is 20.4. The van der Waals surface area contributed by atoms with Crippen molar-refractivity contribution in [3.63, 3.8) is 0 Å². The number of hydrogen-bond donors (Lipinski definition) is 1. The van der Waals surface area contributed by atoms with Gasteiger partial charge in [0, 0.05) is 73.4 Å². The first-order valence-electron chi connectivity index (χ1n) is 22.7. The molecule has 10 heteroatoms. The predicted octanol–water partition coefficient (Wildman–Crippen LogP) is 14.8. The third kappa shape index (κ3) is 7.94. The summed E-state index contributed by atoms with van der Waals surface area (Å²) in [5, 5.41) is 12.3. The van der Waals surface area contributed by atoms with E-state index in [4.69, 9.17) is 9.47 Å². The highest BCUT2D eigenvalue weighted by molar-refractivity contribution is 7.86. The van der Waals surface area contributed by atoms with E-state index in [2.05, 4.69) is 119 Å². The van der Waals surface area contributed by atoms with E-state index in [0.29, 0.717) is 27.7 Å². The second-order valence-electron chi connectivity index (χ2n) is 16.6. The van der Waals surface area contributed by atoms with Crippen LogP contribution in [0, 0.1) is 5.92 Å². The molecular weight excluding hydrogens is 924 g/mol. The van der Waals surface area contributed by atoms with Gasteiger partial charge >= 0.3 is 5.97 Å². The highest BCUT2D eigenvalue weighted by Gasteiger charge is 2.52. The number of hydrogen-bond acceptors (Lipinski definition) is 8. The lowest BCUT2D eigenvalue weighted by Gasteiger charge is -2.25. The van der Waals surface area contributed by atoms with Crippen LogP contribution in [0.2, 0.25) is 0 Å². The second kappa shape index (κ2) is 18.8. The fourth-order valence-corrected chi connectivity index (χ4v) is 15.6. The number of benzene rings is 8. The Morgan fingerprint density at radius 3 is 1.13 bits per heavy atom. The first-order valence-corrected chi connectivity index (χ1v) is 26.0. The number of fused-ring (bicyclic) bond motifs is 2. The van der Waals surface area contributed by atoms with E-state index in [-0.39, 0.29) is 5.56 Å². The molecule has 0 radical (unpaired) electrons. The third-order valence-corrected chi connectivity index (χ3v) is 18.4. The summed E-state index contributed by atoms with van der Waals surface area (Å²) in [5.74, 6) is 0.342. The molecule has 70 heavy (non-hydrogen) atoms. The average molecular weight is 968 g/mol. The van der Waals surface area contributed by atoms with Crippen molar-refractivity contribution in [3.8, 4) is 32.4 Å². The molecule has 2 aromatic heterocycles. The van der Waals surface area contributed by atoms with Crippen LogP contribution in [0.5, 0.6) is 11.5 Å². The molecule has 0 amide bonds. The highest BCUT2D eigenvalue weighted by Crippen LogP contribution is 2.59. The Hall–Kier alpha value is -8.07. The Morgan fingerprint density at radius 1 is 0.471 bits per heavy atom. The zero-order valence-corrected chi connectivity index (χ0v) is 40.6. The standard InChI is InChI=1S/C60H43N2O5PS2/c1-66-50-36-42(60(63)64)37-51(67-2)56(50)57-58-52(38-54(69-58)40-28-32-47(33-29-40)61(43-18-8-3-9-19-43)44-20-10-4-11-21-44)68(65,49-26-16-7-17-27-49)53-39-55(70-59(53)57)41-30-34-48(35-31-41)62(45-22-12-5-13-23-45)46-24-14-6-15-25-46/h3-39H,1-2H3/p+1. The van der Waals surface area contributed by atoms with E-state index >= 15 is 4.57 Å². The number of anilines is 6. The molecule has 0 saturated carbocycles. The molecule has 0 spiro atoms. The van der Waals surface area contributed by atoms with Crippen LogP contribution in [0.1, 0.15) is 25.7 Å². The van der Waals surface area contributed by atoms with Crippen molar-refractivity contribution in [1.82, 2.24) is 0 Å². The number of carbonyl (C=O) groups is 1. The smallest absolute Gasteiger partial charge is 0.337 e. The average Bonchev–Trinajstić information content (AvgIpc) is 4.08. The van der Waals surface area contributed by atoms with Crippen LogP contribution >= 0.6 is 29.8 Å². The Bertz CT molecular complexity index is 3230. The van der Waals surface area contributed by atoms with Crippen molar-refractivity contribution in [2.24, 2.45) is 0 Å². The fraction of sp³-hybridized carbons (Fsp3) is 0.0333. The molecule has 340 valence electrons. The third-order valence-electron chi connectivity index (χ3n) is 12.6. The number of carboxylic acid groups (broad SMARTS) is 1. The lowest BCUT2D eigenvalue weighted by Crippen LogP contribution is -2.34. The number of aromatic carboxylic acids is 1. The number of nitrogens with zero attached hydrogens (tertiary/aromatic N) is 2. The summed E-state index contributed by atoms with van der Waals surface area (Å²) in [7, 11) is -0.504. The number of thiophene rings is 2. The topological polar surface area (TPSA) is 79.3 Å². The van der Waals surface area contributed by atoms with Crippen LogP contribution in [0.25, 0.3) is 20.9 Å². The van der Waals surface area contributed by atoms with Gasteiger partial charge in [-0.2, -0.15) is 0 Å². The van der Waals surface area contributed by atoms with Crippen molar-refractivity contribution in [2.75, 3.05) is 24.0 Å². The molecule has 3 heterocycles. The molecule has 0 atom stereocenters. The van der Waals surface area contributed by atoms with Gasteiger partial charge in [-0.15, -0.1) is 22.7 Å². The SMILES string of the molecule is COc1cc(C(=O)O)cc(OC)c1[C+]1c2sc(-c3ccc(N(c4ccccc4)c4ccccc4)cc3)cc2P(=O)(c2ccccc2)c2cc(-c3ccc(N(c4ccccc4)c4ccccc4)cc3)sc21. The Kier molecular flexibility index (Phi) is 11.9. The van der Waals surface area contributed by atoms with Gasteiger partial charge in [-0.05, 0) is 96.1 Å². The maximum absolute atomic E-state index is 16.8. The van der Waals surface area contributed by atoms with Crippen molar-refractivity contribution < 1.29 is 23.9 Å². The van der Waals surface area contributed by atoms with Gasteiger partial charge < -0.3 is 24.4 Å². The fourth-order valence-electron chi connectivity index (χ4n) is 9.28. The Morgan fingerprint density at radius 2 is 0.800 bits per heavy atom. The molecule has 7 nitrogen and oxygen atoms in total. The van der Waals surface area contributed by atoms with E-state index in [1.165, 1.54) is 26.4 Å². The van der Waals surface area contributed by atoms with E-state index in [9.17, 15) is 9.90 Å². The van der Waals surface area contributed by atoms with Gasteiger partial charge in [0.15, 0.2) is 17.1 Å². The van der Waals surface area contributed by atoms with Crippen molar-refractivity contribution in [2.45, 2.75) is 0 Å². The number of para-hydroxylation sites is 4. The zero-order valence-electron chi connectivity index (χ0n) is 38.1. The summed E-state index contributed by atoms with van der Waals surface area (Å²) in [6.07, 6.45) is 0. The van der Waals surface area contributed by atoms with Gasteiger partial charge in [-0.1, -0.05) is 115 Å². The molecular formula is C60H44N2O5PS2+. The van der Waals surface area contributed by atoms with Crippen molar-refractivity contribution in [3.05, 3.63) is 251 Å². The molecule has 8 aromatic carbocycles. The van der Waals surface area contributed by atoms with E-state index < -0.39 is 13.1 Å². The second-order valence-corrected chi connectivity index (χ2v) is 21.4. The molecule has 1 aliphatic rings. The summed E-state index contributed by atoms with van der Waals surface area (Å²) in [6.45, 7) is 0. The van der Waals surface area contributed by atoms with Gasteiger partial charge in [0.25, 0.3) is 0 Å².